The highest BCUT2D eigenvalue weighted by molar-refractivity contribution is 5.28. The fourth-order valence-corrected chi connectivity index (χ4v) is 1.81. The summed E-state index contributed by atoms with van der Waals surface area (Å²) in [5, 5.41) is 0. The van der Waals surface area contributed by atoms with Gasteiger partial charge in [-0.15, -0.1) is 0 Å². The van der Waals surface area contributed by atoms with Crippen molar-refractivity contribution >= 4 is 0 Å². The van der Waals surface area contributed by atoms with Crippen molar-refractivity contribution in [2.75, 3.05) is 14.2 Å². The van der Waals surface area contributed by atoms with E-state index in [0.717, 1.165) is 18.6 Å². The lowest BCUT2D eigenvalue weighted by Gasteiger charge is -2.21. The van der Waals surface area contributed by atoms with Crippen LogP contribution in [0.1, 0.15) is 25.8 Å². The van der Waals surface area contributed by atoms with Gasteiger partial charge in [0, 0.05) is 7.11 Å². The van der Waals surface area contributed by atoms with Crippen molar-refractivity contribution < 1.29 is 9.47 Å². The predicted molar refractivity (Wildman–Crippen MR) is 67.0 cm³/mol. The first-order valence-electron chi connectivity index (χ1n) is 5.87. The molecule has 0 saturated heterocycles. The maximum Gasteiger partial charge on any atom is 0.119 e. The van der Waals surface area contributed by atoms with Crippen LogP contribution >= 0.6 is 0 Å². The van der Waals surface area contributed by atoms with Gasteiger partial charge in [-0.25, -0.2) is 0 Å². The first-order chi connectivity index (χ1) is 7.71. The van der Waals surface area contributed by atoms with E-state index in [1.54, 1.807) is 14.2 Å². The lowest BCUT2D eigenvalue weighted by Crippen LogP contribution is -2.22. The van der Waals surface area contributed by atoms with Crippen LogP contribution in [0.4, 0.5) is 0 Å². The summed E-state index contributed by atoms with van der Waals surface area (Å²) >= 11 is 0. The van der Waals surface area contributed by atoms with Gasteiger partial charge in [-0.2, -0.15) is 0 Å². The Kier molecular flexibility index (Phi) is 5.33. The molecule has 0 bridgehead atoms. The molecule has 2 nitrogen and oxygen atoms in total. The van der Waals surface area contributed by atoms with E-state index >= 15 is 0 Å². The van der Waals surface area contributed by atoms with Crippen molar-refractivity contribution in [2.45, 2.75) is 32.8 Å². The first-order valence-corrected chi connectivity index (χ1v) is 5.87. The maximum absolute atomic E-state index is 5.54. The third kappa shape index (κ3) is 3.53. The van der Waals surface area contributed by atoms with Crippen molar-refractivity contribution in [3.05, 3.63) is 29.8 Å². The van der Waals surface area contributed by atoms with Crippen LogP contribution in [0.5, 0.6) is 5.75 Å². The summed E-state index contributed by atoms with van der Waals surface area (Å²) in [5.41, 5.74) is 1.27. The third-order valence-corrected chi connectivity index (χ3v) is 3.15. The predicted octanol–water partition coefficient (Wildman–Crippen LogP) is 3.30. The molecule has 0 saturated carbocycles. The molecule has 0 spiro atoms. The molecule has 0 N–H and O–H groups in total. The summed E-state index contributed by atoms with van der Waals surface area (Å²) in [7, 11) is 3.48. The molecular weight excluding hydrogens is 200 g/mol. The van der Waals surface area contributed by atoms with E-state index in [4.69, 9.17) is 9.47 Å². The molecule has 0 amide bonds. The highest BCUT2D eigenvalue weighted by Crippen LogP contribution is 2.19. The molecule has 16 heavy (non-hydrogen) atoms. The highest BCUT2D eigenvalue weighted by Gasteiger charge is 2.15. The molecule has 0 radical (unpaired) electrons. The molecule has 0 aliphatic carbocycles. The number of rotatable bonds is 6. The van der Waals surface area contributed by atoms with E-state index in [2.05, 4.69) is 26.0 Å². The number of hydrogen-bond donors (Lipinski definition) is 0. The Balaban J connectivity index is 2.69. The molecule has 2 atom stereocenters. The van der Waals surface area contributed by atoms with Gasteiger partial charge >= 0.3 is 0 Å². The lowest BCUT2D eigenvalue weighted by molar-refractivity contribution is 0.0575. The Morgan fingerprint density at radius 1 is 1.25 bits per heavy atom. The van der Waals surface area contributed by atoms with Gasteiger partial charge in [0.15, 0.2) is 0 Å². The van der Waals surface area contributed by atoms with E-state index in [1.807, 2.05) is 12.1 Å². The van der Waals surface area contributed by atoms with E-state index in [-0.39, 0.29) is 6.10 Å². The molecular formula is C14H22O2. The van der Waals surface area contributed by atoms with Crippen LogP contribution in [-0.4, -0.2) is 20.3 Å². The van der Waals surface area contributed by atoms with Crippen molar-refractivity contribution in [3.8, 4) is 5.75 Å². The minimum atomic E-state index is 0.289. The first kappa shape index (κ1) is 13.0. The standard InChI is InChI=1S/C14H22O2/c1-5-11(2)14(16-4)10-12-7-6-8-13(9-12)15-3/h6-9,11,14H,5,10H2,1-4H3/t11-,14-/m1/s1. The molecule has 0 heterocycles. The fourth-order valence-electron chi connectivity index (χ4n) is 1.81. The highest BCUT2D eigenvalue weighted by atomic mass is 16.5. The number of ether oxygens (including phenoxy) is 2. The Labute approximate surface area is 98.6 Å². The van der Waals surface area contributed by atoms with Crippen LogP contribution in [-0.2, 0) is 11.2 Å². The zero-order valence-electron chi connectivity index (χ0n) is 10.7. The molecule has 0 aromatic heterocycles. The van der Waals surface area contributed by atoms with Gasteiger partial charge in [0.25, 0.3) is 0 Å². The Hall–Kier alpha value is -1.02. The second-order valence-corrected chi connectivity index (χ2v) is 4.22. The van der Waals surface area contributed by atoms with Gasteiger partial charge in [-0.05, 0) is 30.0 Å². The average molecular weight is 222 g/mol. The zero-order chi connectivity index (χ0) is 12.0. The third-order valence-electron chi connectivity index (χ3n) is 3.15. The second kappa shape index (κ2) is 6.54. The zero-order valence-corrected chi connectivity index (χ0v) is 10.7. The van der Waals surface area contributed by atoms with Crippen molar-refractivity contribution in [1.82, 2.24) is 0 Å². The minimum Gasteiger partial charge on any atom is -0.497 e. The van der Waals surface area contributed by atoms with Gasteiger partial charge in [0.1, 0.15) is 5.75 Å². The Morgan fingerprint density at radius 3 is 2.56 bits per heavy atom. The molecule has 2 heteroatoms. The largest absolute Gasteiger partial charge is 0.497 e. The van der Waals surface area contributed by atoms with Gasteiger partial charge in [0.05, 0.1) is 13.2 Å². The van der Waals surface area contributed by atoms with E-state index in [0.29, 0.717) is 5.92 Å². The SMILES string of the molecule is CC[C@@H](C)[C@@H](Cc1cccc(OC)c1)OC. The van der Waals surface area contributed by atoms with Crippen molar-refractivity contribution in [2.24, 2.45) is 5.92 Å². The van der Waals surface area contributed by atoms with E-state index in [1.165, 1.54) is 5.56 Å². The summed E-state index contributed by atoms with van der Waals surface area (Å²) in [6, 6.07) is 8.19. The smallest absolute Gasteiger partial charge is 0.119 e. The van der Waals surface area contributed by atoms with Gasteiger partial charge in [-0.3, -0.25) is 0 Å². The molecule has 1 aromatic rings. The molecule has 1 aromatic carbocycles. The van der Waals surface area contributed by atoms with E-state index in [9.17, 15) is 0 Å². The normalized spacial score (nSPS) is 14.5. The Bertz CT molecular complexity index is 309. The van der Waals surface area contributed by atoms with Crippen LogP contribution in [0.3, 0.4) is 0 Å². The molecule has 90 valence electrons. The number of hydrogen-bond acceptors (Lipinski definition) is 2. The summed E-state index contributed by atoms with van der Waals surface area (Å²) in [5.74, 6) is 1.49. The monoisotopic (exact) mass is 222 g/mol. The number of methoxy groups -OCH3 is 2. The van der Waals surface area contributed by atoms with Crippen LogP contribution in [0.25, 0.3) is 0 Å². The number of benzene rings is 1. The second-order valence-electron chi connectivity index (χ2n) is 4.22. The molecule has 0 aliphatic rings. The molecule has 0 unspecified atom stereocenters. The molecule has 1 rings (SSSR count). The van der Waals surface area contributed by atoms with Crippen LogP contribution in [0.2, 0.25) is 0 Å². The fraction of sp³-hybridized carbons (Fsp3) is 0.571. The summed E-state index contributed by atoms with van der Waals surface area (Å²) in [6.45, 7) is 4.43. The van der Waals surface area contributed by atoms with Gasteiger partial charge in [0.2, 0.25) is 0 Å². The van der Waals surface area contributed by atoms with Gasteiger partial charge in [-0.1, -0.05) is 32.4 Å². The summed E-state index contributed by atoms with van der Waals surface area (Å²) in [4.78, 5) is 0. The van der Waals surface area contributed by atoms with Crippen LogP contribution in [0, 0.1) is 5.92 Å². The lowest BCUT2D eigenvalue weighted by atomic mass is 9.95. The summed E-state index contributed by atoms with van der Waals surface area (Å²) in [6.07, 6.45) is 2.38. The molecule has 0 aliphatic heterocycles. The van der Waals surface area contributed by atoms with Crippen LogP contribution < -0.4 is 4.74 Å². The topological polar surface area (TPSA) is 18.5 Å². The quantitative estimate of drug-likeness (QED) is 0.735. The summed E-state index contributed by atoms with van der Waals surface area (Å²) < 4.78 is 10.8. The minimum absolute atomic E-state index is 0.289. The van der Waals surface area contributed by atoms with Crippen molar-refractivity contribution in [3.63, 3.8) is 0 Å². The Morgan fingerprint density at radius 2 is 2.00 bits per heavy atom. The van der Waals surface area contributed by atoms with Crippen LogP contribution in [0.15, 0.2) is 24.3 Å². The average Bonchev–Trinajstić information content (AvgIpc) is 2.35. The maximum atomic E-state index is 5.54. The van der Waals surface area contributed by atoms with Gasteiger partial charge < -0.3 is 9.47 Å². The van der Waals surface area contributed by atoms with E-state index < -0.39 is 0 Å². The van der Waals surface area contributed by atoms with Crippen molar-refractivity contribution in [1.29, 1.82) is 0 Å². The molecule has 0 fully saturated rings.